The van der Waals surface area contributed by atoms with Crippen molar-refractivity contribution in [2.75, 3.05) is 5.32 Å². The van der Waals surface area contributed by atoms with Gasteiger partial charge in [0.1, 0.15) is 5.60 Å². The van der Waals surface area contributed by atoms with Gasteiger partial charge < -0.3 is 4.74 Å². The second-order valence-electron chi connectivity index (χ2n) is 6.57. The largest absolute Gasteiger partial charge is 0.444 e. The Kier molecular flexibility index (Phi) is 5.07. The summed E-state index contributed by atoms with van der Waals surface area (Å²) in [6.07, 6.45) is 3.34. The van der Waals surface area contributed by atoms with Crippen molar-refractivity contribution in [1.29, 1.82) is 0 Å². The van der Waals surface area contributed by atoms with Crippen LogP contribution in [0.1, 0.15) is 39.0 Å². The SMILES string of the molecule is C=C/C(=C\C)c1cccc2cc(NC(=O)OC(C)(C)C)c(C)nc12. The van der Waals surface area contributed by atoms with Crippen LogP contribution in [-0.2, 0) is 4.74 Å². The van der Waals surface area contributed by atoms with Gasteiger partial charge in [-0.25, -0.2) is 4.79 Å². The van der Waals surface area contributed by atoms with E-state index in [0.29, 0.717) is 5.69 Å². The van der Waals surface area contributed by atoms with Crippen molar-refractivity contribution >= 4 is 28.3 Å². The van der Waals surface area contributed by atoms with E-state index >= 15 is 0 Å². The van der Waals surface area contributed by atoms with Crippen molar-refractivity contribution in [1.82, 2.24) is 4.98 Å². The van der Waals surface area contributed by atoms with Crippen LogP contribution in [0, 0.1) is 6.92 Å². The van der Waals surface area contributed by atoms with Gasteiger partial charge in [0.25, 0.3) is 0 Å². The molecular weight excluding hydrogens is 300 g/mol. The Bertz CT molecular complexity index is 814. The number of aryl methyl sites for hydroxylation is 1. The summed E-state index contributed by atoms with van der Waals surface area (Å²) in [6.45, 7) is 13.2. The summed E-state index contributed by atoms with van der Waals surface area (Å²) in [6, 6.07) is 7.88. The Balaban J connectivity index is 2.44. The molecule has 0 aliphatic carbocycles. The molecule has 0 spiro atoms. The number of ether oxygens (including phenoxy) is 1. The zero-order valence-corrected chi connectivity index (χ0v) is 14.9. The number of nitrogens with one attached hydrogen (secondary N) is 1. The number of rotatable bonds is 3. The van der Waals surface area contributed by atoms with Crippen LogP contribution in [-0.4, -0.2) is 16.7 Å². The van der Waals surface area contributed by atoms with Crippen molar-refractivity contribution in [3.05, 3.63) is 54.3 Å². The predicted octanol–water partition coefficient (Wildman–Crippen LogP) is 5.48. The Morgan fingerprint density at radius 2 is 2.04 bits per heavy atom. The number of benzene rings is 1. The van der Waals surface area contributed by atoms with E-state index in [1.54, 1.807) is 0 Å². The summed E-state index contributed by atoms with van der Waals surface area (Å²) in [7, 11) is 0. The van der Waals surface area contributed by atoms with Crippen molar-refractivity contribution in [2.24, 2.45) is 0 Å². The second-order valence-corrected chi connectivity index (χ2v) is 6.57. The summed E-state index contributed by atoms with van der Waals surface area (Å²) in [5, 5.41) is 3.73. The minimum absolute atomic E-state index is 0.483. The van der Waals surface area contributed by atoms with Crippen LogP contribution < -0.4 is 5.32 Å². The number of fused-ring (bicyclic) bond motifs is 1. The molecule has 1 amide bonds. The number of anilines is 1. The van der Waals surface area contributed by atoms with Crippen LogP contribution in [0.5, 0.6) is 0 Å². The zero-order chi connectivity index (χ0) is 17.9. The van der Waals surface area contributed by atoms with Crippen LogP contribution in [0.4, 0.5) is 10.5 Å². The average Bonchev–Trinajstić information content (AvgIpc) is 2.48. The van der Waals surface area contributed by atoms with Gasteiger partial charge in [0.2, 0.25) is 0 Å². The Hall–Kier alpha value is -2.62. The Morgan fingerprint density at radius 1 is 1.33 bits per heavy atom. The molecule has 0 fully saturated rings. The van der Waals surface area contributed by atoms with E-state index < -0.39 is 11.7 Å². The van der Waals surface area contributed by atoms with Gasteiger partial charge in [-0.3, -0.25) is 10.3 Å². The highest BCUT2D eigenvalue weighted by atomic mass is 16.6. The molecule has 0 bridgehead atoms. The lowest BCUT2D eigenvalue weighted by Crippen LogP contribution is -2.27. The number of hydrogen-bond acceptors (Lipinski definition) is 3. The summed E-state index contributed by atoms with van der Waals surface area (Å²) < 4.78 is 5.31. The molecule has 0 unspecified atom stereocenters. The maximum absolute atomic E-state index is 12.0. The molecule has 0 aliphatic rings. The van der Waals surface area contributed by atoms with Crippen LogP contribution >= 0.6 is 0 Å². The molecule has 0 aliphatic heterocycles. The molecule has 1 heterocycles. The van der Waals surface area contributed by atoms with Gasteiger partial charge in [-0.05, 0) is 46.3 Å². The van der Waals surface area contributed by atoms with Gasteiger partial charge in [-0.2, -0.15) is 0 Å². The number of aromatic nitrogens is 1. The third-order valence-corrected chi connectivity index (χ3v) is 3.51. The molecule has 2 aromatic rings. The fraction of sp³-hybridized carbons (Fsp3) is 0.300. The minimum Gasteiger partial charge on any atom is -0.444 e. The molecule has 0 saturated heterocycles. The molecule has 4 heteroatoms. The topological polar surface area (TPSA) is 51.2 Å². The molecule has 1 N–H and O–H groups in total. The second kappa shape index (κ2) is 6.87. The molecule has 24 heavy (non-hydrogen) atoms. The molecule has 4 nitrogen and oxygen atoms in total. The first kappa shape index (κ1) is 17.7. The molecule has 0 radical (unpaired) electrons. The molecular formula is C20H24N2O2. The highest BCUT2D eigenvalue weighted by molar-refractivity contribution is 5.96. The Labute approximate surface area is 143 Å². The molecule has 2 rings (SSSR count). The first-order valence-corrected chi connectivity index (χ1v) is 7.94. The number of allylic oxidation sites excluding steroid dienone is 3. The van der Waals surface area contributed by atoms with E-state index in [1.807, 2.05) is 71.0 Å². The lowest BCUT2D eigenvalue weighted by molar-refractivity contribution is 0.0636. The van der Waals surface area contributed by atoms with E-state index in [-0.39, 0.29) is 0 Å². The summed E-state index contributed by atoms with van der Waals surface area (Å²) in [4.78, 5) is 16.7. The van der Waals surface area contributed by atoms with Crippen LogP contribution in [0.25, 0.3) is 16.5 Å². The van der Waals surface area contributed by atoms with E-state index in [2.05, 4.69) is 16.9 Å². The number of para-hydroxylation sites is 1. The molecule has 0 saturated carbocycles. The highest BCUT2D eigenvalue weighted by Gasteiger charge is 2.17. The van der Waals surface area contributed by atoms with Gasteiger partial charge in [0, 0.05) is 10.9 Å². The standard InChI is InChI=1S/C20H24N2O2/c1-7-14(8-2)16-11-9-10-15-12-17(13(3)21-18(15)16)22-19(23)24-20(4,5)6/h7-12H,1H2,2-6H3,(H,22,23)/b14-8+. The van der Waals surface area contributed by atoms with E-state index in [1.165, 1.54) is 0 Å². The monoisotopic (exact) mass is 324 g/mol. The average molecular weight is 324 g/mol. The van der Waals surface area contributed by atoms with Crippen LogP contribution in [0.2, 0.25) is 0 Å². The summed E-state index contributed by atoms with van der Waals surface area (Å²) >= 11 is 0. The van der Waals surface area contributed by atoms with Crippen LogP contribution in [0.3, 0.4) is 0 Å². The lowest BCUT2D eigenvalue weighted by atomic mass is 10.0. The van der Waals surface area contributed by atoms with Gasteiger partial charge >= 0.3 is 6.09 Å². The summed E-state index contributed by atoms with van der Waals surface area (Å²) in [5.41, 5.74) is 3.78. The third kappa shape index (κ3) is 4.02. The van der Waals surface area contributed by atoms with Gasteiger partial charge in [-0.1, -0.05) is 36.9 Å². The number of amides is 1. The number of carbonyl (C=O) groups excluding carboxylic acids is 1. The lowest BCUT2D eigenvalue weighted by Gasteiger charge is -2.20. The fourth-order valence-corrected chi connectivity index (χ4v) is 2.45. The minimum atomic E-state index is -0.541. The predicted molar refractivity (Wildman–Crippen MR) is 100 cm³/mol. The van der Waals surface area contributed by atoms with Crippen molar-refractivity contribution in [3.8, 4) is 0 Å². The third-order valence-electron chi connectivity index (χ3n) is 3.51. The van der Waals surface area contributed by atoms with Gasteiger partial charge in [0.15, 0.2) is 0 Å². The van der Waals surface area contributed by atoms with Crippen molar-refractivity contribution < 1.29 is 9.53 Å². The maximum atomic E-state index is 12.0. The zero-order valence-electron chi connectivity index (χ0n) is 14.9. The highest BCUT2D eigenvalue weighted by Crippen LogP contribution is 2.28. The quantitative estimate of drug-likeness (QED) is 0.761. The molecule has 126 valence electrons. The van der Waals surface area contributed by atoms with E-state index in [0.717, 1.165) is 27.7 Å². The number of nitrogens with zero attached hydrogens (tertiary/aromatic N) is 1. The maximum Gasteiger partial charge on any atom is 0.412 e. The fourth-order valence-electron chi connectivity index (χ4n) is 2.45. The van der Waals surface area contributed by atoms with Crippen LogP contribution in [0.15, 0.2) is 43.0 Å². The molecule has 1 aromatic carbocycles. The van der Waals surface area contributed by atoms with Crippen molar-refractivity contribution in [2.45, 2.75) is 40.2 Å². The number of pyridine rings is 1. The smallest absolute Gasteiger partial charge is 0.412 e. The Morgan fingerprint density at radius 3 is 2.62 bits per heavy atom. The summed E-state index contributed by atoms with van der Waals surface area (Å²) in [5.74, 6) is 0. The first-order valence-electron chi connectivity index (χ1n) is 7.94. The number of hydrogen-bond donors (Lipinski definition) is 1. The molecule has 1 aromatic heterocycles. The van der Waals surface area contributed by atoms with Gasteiger partial charge in [0.05, 0.1) is 16.9 Å². The normalized spacial score (nSPS) is 12.1. The van der Waals surface area contributed by atoms with Crippen molar-refractivity contribution in [3.63, 3.8) is 0 Å². The first-order chi connectivity index (χ1) is 11.2. The molecule has 0 atom stereocenters. The van der Waals surface area contributed by atoms with E-state index in [4.69, 9.17) is 4.74 Å². The van der Waals surface area contributed by atoms with Gasteiger partial charge in [-0.15, -0.1) is 0 Å². The number of carbonyl (C=O) groups is 1. The van der Waals surface area contributed by atoms with E-state index in [9.17, 15) is 4.79 Å².